The van der Waals surface area contributed by atoms with Crippen LogP contribution in [-0.2, 0) is 37.3 Å². The molecule has 9 atom stereocenters. The maximum atomic E-state index is 14.8. The molecular formula is C50H70N2O5. The molecule has 0 radical (unpaired) electrons. The Morgan fingerprint density at radius 2 is 1.58 bits per heavy atom. The lowest BCUT2D eigenvalue weighted by atomic mass is 9.32. The quantitative estimate of drug-likeness (QED) is 0.0945. The Morgan fingerprint density at radius 3 is 2.26 bits per heavy atom. The zero-order chi connectivity index (χ0) is 40.8. The molecule has 7 rings (SSSR count). The fraction of sp³-hybridized carbons (Fsp3) is 0.640. The lowest BCUT2D eigenvalue weighted by Gasteiger charge is -2.72. The van der Waals surface area contributed by atoms with Gasteiger partial charge in [0.2, 0.25) is 5.91 Å². The van der Waals surface area contributed by atoms with Crippen LogP contribution < -0.4 is 5.32 Å². The molecule has 0 bridgehead atoms. The van der Waals surface area contributed by atoms with Crippen molar-refractivity contribution in [1.29, 1.82) is 0 Å². The van der Waals surface area contributed by atoms with Crippen LogP contribution in [0.1, 0.15) is 116 Å². The molecule has 2 aromatic rings. The van der Waals surface area contributed by atoms with E-state index in [1.807, 2.05) is 18.2 Å². The molecule has 5 aliphatic carbocycles. The van der Waals surface area contributed by atoms with E-state index in [2.05, 4.69) is 101 Å². The number of nitrogens with one attached hydrogen (secondary N) is 1. The van der Waals surface area contributed by atoms with E-state index in [0.29, 0.717) is 55.8 Å². The summed E-state index contributed by atoms with van der Waals surface area (Å²) in [6, 6.07) is 19.1. The van der Waals surface area contributed by atoms with Crippen LogP contribution in [0.25, 0.3) is 5.57 Å². The SMILES string of the molecule is C=C(C)[C@@H]1CC[C@]2(C(=O)NCCN(CC(=O)OC)Cc3ccccc3)CC[C@]3(C)[C@H](CC[C@@H]4[C@@]5(C)CC=C(c6ccc(COOC)cc6)C(C)(C)[C@@H]5CC[C@]43C)[C@@H]12. The lowest BCUT2D eigenvalue weighted by Crippen LogP contribution is -2.66. The van der Waals surface area contributed by atoms with Gasteiger partial charge in [0.1, 0.15) is 6.61 Å². The molecular weight excluding hydrogens is 709 g/mol. The third-order valence-electron chi connectivity index (χ3n) is 17.2. The predicted octanol–water partition coefficient (Wildman–Crippen LogP) is 10.2. The molecule has 0 aromatic heterocycles. The van der Waals surface area contributed by atoms with Crippen molar-refractivity contribution in [3.05, 3.63) is 89.5 Å². The van der Waals surface area contributed by atoms with Crippen LogP contribution in [0.2, 0.25) is 0 Å². The number of fused-ring (bicyclic) bond motifs is 7. The molecule has 57 heavy (non-hydrogen) atoms. The molecule has 1 N–H and O–H groups in total. The molecule has 4 saturated carbocycles. The molecule has 310 valence electrons. The lowest BCUT2D eigenvalue weighted by molar-refractivity contribution is -0.282. The molecule has 0 heterocycles. The summed E-state index contributed by atoms with van der Waals surface area (Å²) in [5, 5.41) is 3.46. The van der Waals surface area contributed by atoms with Crippen molar-refractivity contribution < 1.29 is 24.1 Å². The Bertz CT molecular complexity index is 1820. The zero-order valence-corrected chi connectivity index (χ0v) is 36.3. The van der Waals surface area contributed by atoms with Gasteiger partial charge in [0.05, 0.1) is 26.2 Å². The van der Waals surface area contributed by atoms with E-state index in [9.17, 15) is 9.59 Å². The second-order valence-electron chi connectivity index (χ2n) is 20.0. The number of methoxy groups -OCH3 is 1. The van der Waals surface area contributed by atoms with Gasteiger partial charge in [0, 0.05) is 19.6 Å². The van der Waals surface area contributed by atoms with Gasteiger partial charge in [0.25, 0.3) is 0 Å². The molecule has 4 fully saturated rings. The van der Waals surface area contributed by atoms with Crippen molar-refractivity contribution in [1.82, 2.24) is 10.2 Å². The number of esters is 1. The normalized spacial score (nSPS) is 35.2. The first kappa shape index (κ1) is 41.9. The van der Waals surface area contributed by atoms with E-state index in [4.69, 9.17) is 14.5 Å². The van der Waals surface area contributed by atoms with Gasteiger partial charge < -0.3 is 10.1 Å². The largest absolute Gasteiger partial charge is 0.468 e. The maximum Gasteiger partial charge on any atom is 0.319 e. The van der Waals surface area contributed by atoms with Gasteiger partial charge >= 0.3 is 5.97 Å². The number of allylic oxidation sites excluding steroid dienone is 3. The van der Waals surface area contributed by atoms with Gasteiger partial charge in [-0.15, -0.1) is 0 Å². The summed E-state index contributed by atoms with van der Waals surface area (Å²) < 4.78 is 5.03. The first-order valence-electron chi connectivity index (χ1n) is 21.9. The molecule has 0 saturated heterocycles. The second-order valence-corrected chi connectivity index (χ2v) is 20.0. The fourth-order valence-corrected chi connectivity index (χ4v) is 14.3. The van der Waals surface area contributed by atoms with Gasteiger partial charge in [-0.05, 0) is 138 Å². The van der Waals surface area contributed by atoms with E-state index < -0.39 is 0 Å². The standard InChI is InChI=1S/C50H70N2O5/c1-34(2)38-21-26-50(45(54)51-29-30-52(32-43(53)55-8)31-35-13-11-10-12-14-35)28-27-48(6)40(44(38)50)19-20-42-47(5)24-22-39(37-17-15-36(16-18-37)33-57-56-9)46(3,4)41(47)23-25-49(42,48)7/h10-18,22,38,40-42,44H,1,19-21,23-33H2,2-9H3,(H,51,54)/t38-,40+,41-,42+,44+,47-,48+,49+,50-/m0/s1. The molecule has 0 spiro atoms. The van der Waals surface area contributed by atoms with Crippen molar-refractivity contribution in [3.63, 3.8) is 0 Å². The highest BCUT2D eigenvalue weighted by atomic mass is 17.2. The number of benzene rings is 2. The Labute approximate surface area is 343 Å². The molecule has 7 nitrogen and oxygen atoms in total. The van der Waals surface area contributed by atoms with E-state index in [0.717, 1.165) is 43.2 Å². The summed E-state index contributed by atoms with van der Waals surface area (Å²) in [6.45, 7) is 22.2. The van der Waals surface area contributed by atoms with Crippen LogP contribution in [0, 0.1) is 56.7 Å². The van der Waals surface area contributed by atoms with Gasteiger partial charge in [-0.3, -0.25) is 14.5 Å². The fourth-order valence-electron chi connectivity index (χ4n) is 14.3. The van der Waals surface area contributed by atoms with Crippen molar-refractivity contribution in [2.24, 2.45) is 56.7 Å². The Hall–Kier alpha value is -3.26. The van der Waals surface area contributed by atoms with E-state index in [1.165, 1.54) is 49.5 Å². The van der Waals surface area contributed by atoms with Gasteiger partial charge in [-0.1, -0.05) is 107 Å². The number of hydrogen-bond donors (Lipinski definition) is 1. The zero-order valence-electron chi connectivity index (χ0n) is 36.3. The summed E-state index contributed by atoms with van der Waals surface area (Å²) in [4.78, 5) is 39.3. The van der Waals surface area contributed by atoms with Crippen molar-refractivity contribution in [2.45, 2.75) is 112 Å². The van der Waals surface area contributed by atoms with Crippen LogP contribution in [0.4, 0.5) is 0 Å². The van der Waals surface area contributed by atoms with Crippen molar-refractivity contribution in [3.8, 4) is 0 Å². The average molecular weight is 779 g/mol. The Kier molecular flexibility index (Phi) is 11.8. The number of carbonyl (C=O) groups excluding carboxylic acids is 2. The number of ether oxygens (including phenoxy) is 1. The highest BCUT2D eigenvalue weighted by molar-refractivity contribution is 5.84. The highest BCUT2D eigenvalue weighted by Gasteiger charge is 2.71. The van der Waals surface area contributed by atoms with Crippen LogP contribution in [0.5, 0.6) is 0 Å². The topological polar surface area (TPSA) is 77.1 Å². The summed E-state index contributed by atoms with van der Waals surface area (Å²) in [6.07, 6.45) is 12.7. The predicted molar refractivity (Wildman–Crippen MR) is 227 cm³/mol. The van der Waals surface area contributed by atoms with E-state index in [-0.39, 0.29) is 45.5 Å². The van der Waals surface area contributed by atoms with Crippen LogP contribution in [0.3, 0.4) is 0 Å². The minimum Gasteiger partial charge on any atom is -0.468 e. The molecule has 0 aliphatic heterocycles. The summed E-state index contributed by atoms with van der Waals surface area (Å²) in [7, 11) is 2.99. The summed E-state index contributed by atoms with van der Waals surface area (Å²) >= 11 is 0. The Balaban J connectivity index is 1.11. The number of amides is 1. The number of rotatable bonds is 13. The van der Waals surface area contributed by atoms with Crippen LogP contribution >= 0.6 is 0 Å². The third kappa shape index (κ3) is 7.16. The highest BCUT2D eigenvalue weighted by Crippen LogP contribution is 2.77. The average Bonchev–Trinajstić information content (AvgIpc) is 3.59. The minimum atomic E-state index is -0.375. The van der Waals surface area contributed by atoms with Crippen LogP contribution in [-0.4, -0.2) is 50.6 Å². The minimum absolute atomic E-state index is 0.0560. The van der Waals surface area contributed by atoms with Crippen LogP contribution in [0.15, 0.2) is 72.8 Å². The van der Waals surface area contributed by atoms with Crippen molar-refractivity contribution >= 4 is 17.4 Å². The van der Waals surface area contributed by atoms with Gasteiger partial charge in [-0.2, -0.15) is 0 Å². The molecule has 1 amide bonds. The number of hydrogen-bond acceptors (Lipinski definition) is 6. The first-order chi connectivity index (χ1) is 27.1. The molecule has 7 heteroatoms. The van der Waals surface area contributed by atoms with Gasteiger partial charge in [0.15, 0.2) is 0 Å². The third-order valence-corrected chi connectivity index (χ3v) is 17.2. The van der Waals surface area contributed by atoms with E-state index in [1.54, 1.807) is 7.11 Å². The van der Waals surface area contributed by atoms with Crippen molar-refractivity contribution in [2.75, 3.05) is 33.9 Å². The monoisotopic (exact) mass is 779 g/mol. The first-order valence-corrected chi connectivity index (χ1v) is 21.9. The number of carbonyl (C=O) groups is 2. The number of nitrogens with zero attached hydrogens (tertiary/aromatic N) is 1. The molecule has 0 unspecified atom stereocenters. The summed E-state index contributed by atoms with van der Waals surface area (Å²) in [5.41, 5.74) is 6.56. The maximum absolute atomic E-state index is 14.8. The smallest absolute Gasteiger partial charge is 0.319 e. The van der Waals surface area contributed by atoms with Gasteiger partial charge in [-0.25, -0.2) is 9.78 Å². The summed E-state index contributed by atoms with van der Waals surface area (Å²) in [5.74, 6) is 2.36. The Morgan fingerprint density at radius 1 is 0.842 bits per heavy atom. The molecule has 5 aliphatic rings. The molecule has 2 aromatic carbocycles. The second kappa shape index (κ2) is 16.1. The van der Waals surface area contributed by atoms with E-state index >= 15 is 0 Å².